The van der Waals surface area contributed by atoms with Crippen LogP contribution in [0, 0.1) is 0 Å². The molecule has 0 atom stereocenters. The molecule has 0 aliphatic rings. The number of hydrogen-bond donors (Lipinski definition) is 1. The van der Waals surface area contributed by atoms with E-state index in [4.69, 9.17) is 14.2 Å². The zero-order valence-electron chi connectivity index (χ0n) is 16.2. The molecule has 146 valence electrons. The van der Waals surface area contributed by atoms with Gasteiger partial charge in [-0.15, -0.1) is 0 Å². The summed E-state index contributed by atoms with van der Waals surface area (Å²) in [4.78, 5) is 17.0. The predicted octanol–water partition coefficient (Wildman–Crippen LogP) is 2.85. The Morgan fingerprint density at radius 2 is 1.82 bits per heavy atom. The van der Waals surface area contributed by atoms with Crippen molar-refractivity contribution in [1.82, 2.24) is 15.0 Å². The van der Waals surface area contributed by atoms with Crippen LogP contribution in [0.15, 0.2) is 41.5 Å². The molecule has 0 spiro atoms. The van der Waals surface area contributed by atoms with E-state index in [1.165, 1.54) is 27.5 Å². The van der Waals surface area contributed by atoms with Crippen LogP contribution in [0.1, 0.15) is 23.1 Å². The van der Waals surface area contributed by atoms with Crippen LogP contribution < -0.4 is 19.6 Å². The van der Waals surface area contributed by atoms with Gasteiger partial charge >= 0.3 is 0 Å². The van der Waals surface area contributed by atoms with Gasteiger partial charge in [0, 0.05) is 12.1 Å². The van der Waals surface area contributed by atoms with Crippen LogP contribution in [0.3, 0.4) is 0 Å². The second-order valence-electron chi connectivity index (χ2n) is 5.82. The summed E-state index contributed by atoms with van der Waals surface area (Å²) in [5, 5.41) is 4.05. The molecule has 1 amide bonds. The molecular formula is C20H22N4O4. The standard InChI is InChI=1S/C20H22N4O4/c1-5-24-15-9-7-6-8-14(15)22-18(24)12-21-23-20(25)13-10-16(26-2)19(28-4)17(11-13)27-3/h6-12H,5H2,1-4H3,(H,23,25). The van der Waals surface area contributed by atoms with E-state index in [1.807, 2.05) is 35.8 Å². The topological polar surface area (TPSA) is 87.0 Å². The number of methoxy groups -OCH3 is 3. The van der Waals surface area contributed by atoms with Crippen LogP contribution in [0.25, 0.3) is 11.0 Å². The molecule has 2 aromatic carbocycles. The lowest BCUT2D eigenvalue weighted by atomic mass is 10.1. The Morgan fingerprint density at radius 1 is 1.14 bits per heavy atom. The minimum Gasteiger partial charge on any atom is -0.493 e. The summed E-state index contributed by atoms with van der Waals surface area (Å²) >= 11 is 0. The van der Waals surface area contributed by atoms with Crippen molar-refractivity contribution in [2.24, 2.45) is 5.10 Å². The maximum atomic E-state index is 12.5. The Bertz CT molecular complexity index is 1000. The van der Waals surface area contributed by atoms with Crippen molar-refractivity contribution < 1.29 is 19.0 Å². The molecule has 1 N–H and O–H groups in total. The van der Waals surface area contributed by atoms with E-state index in [-0.39, 0.29) is 0 Å². The number of nitrogens with one attached hydrogen (secondary N) is 1. The van der Waals surface area contributed by atoms with Gasteiger partial charge in [-0.05, 0) is 31.2 Å². The molecule has 0 unspecified atom stereocenters. The van der Waals surface area contributed by atoms with Gasteiger partial charge in [-0.1, -0.05) is 12.1 Å². The summed E-state index contributed by atoms with van der Waals surface area (Å²) in [6, 6.07) is 11.0. The average molecular weight is 382 g/mol. The van der Waals surface area contributed by atoms with Crippen molar-refractivity contribution in [1.29, 1.82) is 0 Å². The summed E-state index contributed by atoms with van der Waals surface area (Å²) in [5.74, 6) is 1.46. The lowest BCUT2D eigenvalue weighted by Gasteiger charge is -2.13. The first-order valence-electron chi connectivity index (χ1n) is 8.71. The highest BCUT2D eigenvalue weighted by molar-refractivity contribution is 5.96. The summed E-state index contributed by atoms with van der Waals surface area (Å²) < 4.78 is 17.8. The third-order valence-electron chi connectivity index (χ3n) is 4.27. The number of amides is 1. The Labute approximate surface area is 162 Å². The number of ether oxygens (including phenoxy) is 3. The third-order valence-corrected chi connectivity index (χ3v) is 4.27. The lowest BCUT2D eigenvalue weighted by molar-refractivity contribution is 0.0954. The number of aromatic nitrogens is 2. The highest BCUT2D eigenvalue weighted by atomic mass is 16.5. The molecule has 3 rings (SSSR count). The summed E-state index contributed by atoms with van der Waals surface area (Å²) in [7, 11) is 4.49. The molecule has 0 aliphatic heterocycles. The molecule has 0 bridgehead atoms. The van der Waals surface area contributed by atoms with Gasteiger partial charge in [-0.3, -0.25) is 4.79 Å². The number of aryl methyl sites for hydroxylation is 1. The first-order valence-corrected chi connectivity index (χ1v) is 8.71. The third kappa shape index (κ3) is 3.62. The molecule has 3 aromatic rings. The first-order chi connectivity index (χ1) is 13.6. The highest BCUT2D eigenvalue weighted by Gasteiger charge is 2.16. The van der Waals surface area contributed by atoms with Crippen molar-refractivity contribution in [3.8, 4) is 17.2 Å². The Hall–Kier alpha value is -3.55. The van der Waals surface area contributed by atoms with E-state index in [9.17, 15) is 4.79 Å². The fourth-order valence-corrected chi connectivity index (χ4v) is 2.95. The summed E-state index contributed by atoms with van der Waals surface area (Å²) in [5.41, 5.74) is 4.73. The first kappa shape index (κ1) is 19.2. The largest absolute Gasteiger partial charge is 0.493 e. The van der Waals surface area contributed by atoms with Gasteiger partial charge in [0.2, 0.25) is 5.75 Å². The molecule has 0 radical (unpaired) electrons. The maximum Gasteiger partial charge on any atom is 0.271 e. The van der Waals surface area contributed by atoms with E-state index in [0.717, 1.165) is 17.6 Å². The van der Waals surface area contributed by atoms with Crippen molar-refractivity contribution >= 4 is 23.2 Å². The maximum absolute atomic E-state index is 12.5. The lowest BCUT2D eigenvalue weighted by Crippen LogP contribution is -2.18. The number of benzene rings is 2. The van der Waals surface area contributed by atoms with Crippen molar-refractivity contribution in [3.63, 3.8) is 0 Å². The van der Waals surface area contributed by atoms with Gasteiger partial charge in [0.15, 0.2) is 17.3 Å². The molecule has 0 saturated carbocycles. The van der Waals surface area contributed by atoms with Crippen molar-refractivity contribution in [3.05, 3.63) is 47.8 Å². The van der Waals surface area contributed by atoms with Gasteiger partial charge in [0.25, 0.3) is 5.91 Å². The minimum absolute atomic E-state index is 0.329. The second-order valence-corrected chi connectivity index (χ2v) is 5.82. The molecule has 8 nitrogen and oxygen atoms in total. The molecular weight excluding hydrogens is 360 g/mol. The van der Waals surface area contributed by atoms with Gasteiger partial charge in [0.05, 0.1) is 38.6 Å². The SMILES string of the molecule is CCn1c(C=NNC(=O)c2cc(OC)c(OC)c(OC)c2)nc2ccccc21. The van der Waals surface area contributed by atoms with Gasteiger partial charge in [-0.25, -0.2) is 10.4 Å². The number of carbonyl (C=O) groups is 1. The molecule has 0 aliphatic carbocycles. The number of imidazole rings is 1. The number of hydrazone groups is 1. The van der Waals surface area contributed by atoms with E-state index in [0.29, 0.717) is 28.6 Å². The second kappa shape index (κ2) is 8.43. The average Bonchev–Trinajstić information content (AvgIpc) is 3.09. The van der Waals surface area contributed by atoms with Gasteiger partial charge < -0.3 is 18.8 Å². The Morgan fingerprint density at radius 3 is 2.43 bits per heavy atom. The van der Waals surface area contributed by atoms with Crippen LogP contribution in [0.4, 0.5) is 0 Å². The Kier molecular flexibility index (Phi) is 5.78. The quantitative estimate of drug-likeness (QED) is 0.502. The minimum atomic E-state index is -0.408. The van der Waals surface area contributed by atoms with Gasteiger partial charge in [-0.2, -0.15) is 5.10 Å². The molecule has 0 fully saturated rings. The van der Waals surface area contributed by atoms with Crippen molar-refractivity contribution in [2.45, 2.75) is 13.5 Å². The number of carbonyl (C=O) groups excluding carboxylic acids is 1. The molecule has 1 aromatic heterocycles. The summed E-state index contributed by atoms with van der Waals surface area (Å²) in [6.07, 6.45) is 1.53. The Balaban J connectivity index is 1.83. The number of hydrogen-bond acceptors (Lipinski definition) is 6. The fraction of sp³-hybridized carbons (Fsp3) is 0.250. The molecule has 28 heavy (non-hydrogen) atoms. The van der Waals surface area contributed by atoms with Crippen LogP contribution in [0.2, 0.25) is 0 Å². The zero-order chi connectivity index (χ0) is 20.1. The fourth-order valence-electron chi connectivity index (χ4n) is 2.95. The predicted molar refractivity (Wildman–Crippen MR) is 107 cm³/mol. The van der Waals surface area contributed by atoms with Crippen LogP contribution in [-0.2, 0) is 6.54 Å². The number of para-hydroxylation sites is 2. The smallest absolute Gasteiger partial charge is 0.271 e. The van der Waals surface area contributed by atoms with Crippen LogP contribution in [0.5, 0.6) is 17.2 Å². The van der Waals surface area contributed by atoms with E-state index >= 15 is 0 Å². The monoisotopic (exact) mass is 382 g/mol. The zero-order valence-corrected chi connectivity index (χ0v) is 16.2. The normalized spacial score (nSPS) is 11.0. The van der Waals surface area contributed by atoms with Crippen LogP contribution in [-0.4, -0.2) is 43.0 Å². The number of nitrogens with zero attached hydrogens (tertiary/aromatic N) is 3. The molecule has 8 heteroatoms. The van der Waals surface area contributed by atoms with Crippen molar-refractivity contribution in [2.75, 3.05) is 21.3 Å². The summed E-state index contributed by atoms with van der Waals surface area (Å²) in [6.45, 7) is 2.77. The molecule has 0 saturated heterocycles. The highest BCUT2D eigenvalue weighted by Crippen LogP contribution is 2.38. The van der Waals surface area contributed by atoms with Crippen LogP contribution >= 0.6 is 0 Å². The van der Waals surface area contributed by atoms with E-state index in [1.54, 1.807) is 12.1 Å². The molecule has 1 heterocycles. The van der Waals surface area contributed by atoms with E-state index in [2.05, 4.69) is 15.5 Å². The van der Waals surface area contributed by atoms with Gasteiger partial charge in [0.1, 0.15) is 0 Å². The van der Waals surface area contributed by atoms with E-state index < -0.39 is 5.91 Å². The number of rotatable bonds is 7. The number of fused-ring (bicyclic) bond motifs is 1.